The van der Waals surface area contributed by atoms with E-state index in [0.29, 0.717) is 6.54 Å². The van der Waals surface area contributed by atoms with E-state index in [0.717, 1.165) is 33.0 Å². The summed E-state index contributed by atoms with van der Waals surface area (Å²) in [5.74, 6) is -3.87. The lowest BCUT2D eigenvalue weighted by atomic mass is 9.98. The first kappa shape index (κ1) is 20.3. The molecule has 2 rings (SSSR count). The van der Waals surface area contributed by atoms with E-state index in [9.17, 15) is 22.8 Å². The number of carbonyl (C=O) groups excluding carboxylic acids is 2. The standard InChI is InChI=1S/C16H18ClF3N2O4/c1-25-13-11(17)3-2-10(12(13)26-15(24)16(18,19)20)14(23)22-8-9-4-6-21-7-5-9/h2-3,9,21H,4-8H2,1H3,(H,22,23). The highest BCUT2D eigenvalue weighted by atomic mass is 35.5. The lowest BCUT2D eigenvalue weighted by Crippen LogP contribution is -2.36. The zero-order valence-electron chi connectivity index (χ0n) is 13.9. The fourth-order valence-corrected chi connectivity index (χ4v) is 2.80. The molecule has 0 aromatic heterocycles. The molecule has 1 amide bonds. The van der Waals surface area contributed by atoms with Gasteiger partial charge in [-0.05, 0) is 44.0 Å². The van der Waals surface area contributed by atoms with Crippen LogP contribution in [0.4, 0.5) is 13.2 Å². The number of rotatable bonds is 5. The maximum atomic E-state index is 12.5. The van der Waals surface area contributed by atoms with Crippen molar-refractivity contribution in [3.8, 4) is 11.5 Å². The Labute approximate surface area is 153 Å². The summed E-state index contributed by atoms with van der Waals surface area (Å²) in [7, 11) is 1.14. The zero-order valence-corrected chi connectivity index (χ0v) is 14.7. The predicted octanol–water partition coefficient (Wildman–Crippen LogP) is 2.55. The van der Waals surface area contributed by atoms with Crippen LogP contribution in [0.25, 0.3) is 0 Å². The molecule has 10 heteroatoms. The highest BCUT2D eigenvalue weighted by molar-refractivity contribution is 6.32. The smallest absolute Gasteiger partial charge is 0.491 e. The van der Waals surface area contributed by atoms with Gasteiger partial charge in [-0.15, -0.1) is 0 Å². The van der Waals surface area contributed by atoms with Crippen molar-refractivity contribution in [2.45, 2.75) is 19.0 Å². The molecule has 0 bridgehead atoms. The molecule has 1 aromatic rings. The van der Waals surface area contributed by atoms with Gasteiger partial charge in [0.25, 0.3) is 5.91 Å². The normalized spacial score (nSPS) is 15.4. The van der Waals surface area contributed by atoms with Crippen molar-refractivity contribution in [1.82, 2.24) is 10.6 Å². The summed E-state index contributed by atoms with van der Waals surface area (Å²) in [6, 6.07) is 2.46. The van der Waals surface area contributed by atoms with E-state index in [1.165, 1.54) is 12.1 Å². The van der Waals surface area contributed by atoms with Gasteiger partial charge >= 0.3 is 12.1 Å². The number of carbonyl (C=O) groups is 2. The van der Waals surface area contributed by atoms with Gasteiger partial charge in [0.2, 0.25) is 0 Å². The van der Waals surface area contributed by atoms with E-state index in [4.69, 9.17) is 16.3 Å². The molecule has 0 unspecified atom stereocenters. The number of methoxy groups -OCH3 is 1. The molecule has 1 fully saturated rings. The Morgan fingerprint density at radius 1 is 1.27 bits per heavy atom. The van der Waals surface area contributed by atoms with Gasteiger partial charge in [0.15, 0.2) is 11.5 Å². The van der Waals surface area contributed by atoms with Gasteiger partial charge < -0.3 is 20.1 Å². The van der Waals surface area contributed by atoms with E-state index >= 15 is 0 Å². The van der Waals surface area contributed by atoms with Crippen LogP contribution < -0.4 is 20.1 Å². The molecule has 1 saturated heterocycles. The highest BCUT2D eigenvalue weighted by Gasteiger charge is 2.42. The van der Waals surface area contributed by atoms with Crippen molar-refractivity contribution in [3.05, 3.63) is 22.7 Å². The van der Waals surface area contributed by atoms with E-state index in [-0.39, 0.29) is 22.3 Å². The average molecular weight is 395 g/mol. The average Bonchev–Trinajstić information content (AvgIpc) is 2.60. The van der Waals surface area contributed by atoms with Gasteiger partial charge in [0, 0.05) is 6.54 Å². The summed E-state index contributed by atoms with van der Waals surface area (Å²) < 4.78 is 46.9. The minimum atomic E-state index is -5.23. The van der Waals surface area contributed by atoms with E-state index < -0.39 is 23.8 Å². The lowest BCUT2D eigenvalue weighted by molar-refractivity contribution is -0.189. The molecule has 0 aliphatic carbocycles. The number of halogens is 4. The van der Waals surface area contributed by atoms with Crippen LogP contribution in [0.15, 0.2) is 12.1 Å². The molecule has 0 spiro atoms. The molecule has 1 aliphatic heterocycles. The number of alkyl halides is 3. The Hall–Kier alpha value is -2.00. The molecule has 26 heavy (non-hydrogen) atoms. The zero-order chi connectivity index (χ0) is 19.3. The van der Waals surface area contributed by atoms with Gasteiger partial charge in [-0.1, -0.05) is 11.6 Å². The Bertz CT molecular complexity index is 676. The number of piperidine rings is 1. The molecule has 1 aliphatic rings. The number of ether oxygens (including phenoxy) is 2. The molecule has 0 atom stereocenters. The van der Waals surface area contributed by atoms with Gasteiger partial charge in [-0.25, -0.2) is 4.79 Å². The summed E-state index contributed by atoms with van der Waals surface area (Å²) in [5, 5.41) is 5.76. The third-order valence-corrected chi connectivity index (χ3v) is 4.25. The van der Waals surface area contributed by atoms with Crippen LogP contribution in [-0.2, 0) is 4.79 Å². The molecule has 6 nitrogen and oxygen atoms in total. The monoisotopic (exact) mass is 394 g/mol. The quantitative estimate of drug-likeness (QED) is 0.593. The largest absolute Gasteiger partial charge is 0.491 e. The summed E-state index contributed by atoms with van der Waals surface area (Å²) >= 11 is 5.87. The Morgan fingerprint density at radius 3 is 2.50 bits per heavy atom. The first-order valence-corrected chi connectivity index (χ1v) is 8.26. The van der Waals surface area contributed by atoms with Gasteiger partial charge in [-0.3, -0.25) is 4.79 Å². The second-order valence-electron chi connectivity index (χ2n) is 5.75. The number of nitrogens with one attached hydrogen (secondary N) is 2. The summed E-state index contributed by atoms with van der Waals surface area (Å²) in [6.07, 6.45) is -3.48. The fraction of sp³-hybridized carbons (Fsp3) is 0.500. The minimum absolute atomic E-state index is 0.0904. The Morgan fingerprint density at radius 2 is 1.92 bits per heavy atom. The van der Waals surface area contributed by atoms with Crippen LogP contribution >= 0.6 is 11.6 Å². The lowest BCUT2D eigenvalue weighted by Gasteiger charge is -2.23. The molecule has 1 heterocycles. The predicted molar refractivity (Wildman–Crippen MR) is 87.6 cm³/mol. The number of esters is 1. The molecular formula is C16H18ClF3N2O4. The van der Waals surface area contributed by atoms with Crippen molar-refractivity contribution in [2.24, 2.45) is 5.92 Å². The first-order chi connectivity index (χ1) is 12.2. The third kappa shape index (κ3) is 5.01. The maximum absolute atomic E-state index is 12.5. The van der Waals surface area contributed by atoms with E-state index in [1.54, 1.807) is 0 Å². The second-order valence-corrected chi connectivity index (χ2v) is 6.16. The van der Waals surface area contributed by atoms with Crippen LogP contribution in [0.5, 0.6) is 11.5 Å². The molecule has 2 N–H and O–H groups in total. The van der Waals surface area contributed by atoms with E-state index in [2.05, 4.69) is 15.4 Å². The van der Waals surface area contributed by atoms with Gasteiger partial charge in [-0.2, -0.15) is 13.2 Å². The van der Waals surface area contributed by atoms with Crippen LogP contribution in [0.2, 0.25) is 5.02 Å². The number of amides is 1. The number of benzene rings is 1. The minimum Gasteiger partial charge on any atom is -0.491 e. The van der Waals surface area contributed by atoms with Crippen molar-refractivity contribution in [3.63, 3.8) is 0 Å². The number of hydrogen-bond donors (Lipinski definition) is 2. The second kappa shape index (κ2) is 8.59. The third-order valence-electron chi connectivity index (χ3n) is 3.95. The molecule has 1 aromatic carbocycles. The van der Waals surface area contributed by atoms with Crippen molar-refractivity contribution < 1.29 is 32.2 Å². The molecule has 0 saturated carbocycles. The molecule has 144 valence electrons. The van der Waals surface area contributed by atoms with Crippen molar-refractivity contribution in [1.29, 1.82) is 0 Å². The summed E-state index contributed by atoms with van der Waals surface area (Å²) in [5.41, 5.74) is -0.266. The van der Waals surface area contributed by atoms with Crippen LogP contribution in [0.3, 0.4) is 0 Å². The topological polar surface area (TPSA) is 76.7 Å². The fourth-order valence-electron chi connectivity index (χ4n) is 2.58. The van der Waals surface area contributed by atoms with Gasteiger partial charge in [0.1, 0.15) is 0 Å². The van der Waals surface area contributed by atoms with Crippen LogP contribution in [0, 0.1) is 5.92 Å². The van der Waals surface area contributed by atoms with Crippen molar-refractivity contribution >= 4 is 23.5 Å². The maximum Gasteiger partial charge on any atom is 0.491 e. The SMILES string of the molecule is COc1c(Cl)ccc(C(=O)NCC2CCNCC2)c1OC(=O)C(F)(F)F. The molecular weight excluding hydrogens is 377 g/mol. The molecule has 0 radical (unpaired) electrons. The first-order valence-electron chi connectivity index (χ1n) is 7.88. The van der Waals surface area contributed by atoms with E-state index in [1.807, 2.05) is 0 Å². The summed E-state index contributed by atoms with van der Waals surface area (Å²) in [4.78, 5) is 23.6. The summed E-state index contributed by atoms with van der Waals surface area (Å²) in [6.45, 7) is 2.03. The van der Waals surface area contributed by atoms with Crippen molar-refractivity contribution in [2.75, 3.05) is 26.7 Å². The van der Waals surface area contributed by atoms with Crippen LogP contribution in [0.1, 0.15) is 23.2 Å². The Kier molecular flexibility index (Phi) is 6.71. The van der Waals surface area contributed by atoms with Gasteiger partial charge in [0.05, 0.1) is 17.7 Å². The van der Waals surface area contributed by atoms with Crippen LogP contribution in [-0.4, -0.2) is 44.8 Å². The number of hydrogen-bond acceptors (Lipinski definition) is 5. The highest BCUT2D eigenvalue weighted by Crippen LogP contribution is 2.39. The Balaban J connectivity index is 2.22.